The van der Waals surface area contributed by atoms with Gasteiger partial charge in [0.05, 0.1) is 0 Å². The Morgan fingerprint density at radius 1 is 0.545 bits per heavy atom. The van der Waals surface area contributed by atoms with Gasteiger partial charge in [-0.2, -0.15) is 0 Å². The Kier molecular flexibility index (Phi) is 8.04. The van der Waals surface area contributed by atoms with Crippen LogP contribution in [0, 0.1) is 63.2 Å². The zero-order valence-electron chi connectivity index (χ0n) is 18.9. The standard InChI is InChI=1S/2C15H14N.Fe/c2*1-11(12-6-2-3-7-12)14-10-16-15-9-5-4-8-13(14)15;/h2*2-11,16H,1H3;/q;;+2/t2*11-;/m11./s1. The first-order valence-corrected chi connectivity index (χ1v) is 11.3. The van der Waals surface area contributed by atoms with Crippen LogP contribution in [0.5, 0.6) is 0 Å². The van der Waals surface area contributed by atoms with Crippen LogP contribution in [0.2, 0.25) is 0 Å². The second kappa shape index (κ2) is 11.0. The number of hydrogen-bond acceptors (Lipinski definition) is 0. The van der Waals surface area contributed by atoms with E-state index < -0.39 is 0 Å². The van der Waals surface area contributed by atoms with Gasteiger partial charge in [-0.15, -0.1) is 0 Å². The van der Waals surface area contributed by atoms with Crippen LogP contribution < -0.4 is 0 Å². The van der Waals surface area contributed by atoms with E-state index in [0.29, 0.717) is 11.8 Å². The number of rotatable bonds is 4. The molecule has 6 rings (SSSR count). The smallest absolute Gasteiger partial charge is 0.361 e. The summed E-state index contributed by atoms with van der Waals surface area (Å²) in [5, 5.41) is 2.66. The Bertz CT molecular complexity index is 1050. The average molecular weight is 472 g/mol. The van der Waals surface area contributed by atoms with E-state index in [1.54, 1.807) is 0 Å². The molecule has 2 aromatic heterocycles. The molecule has 2 fully saturated rings. The summed E-state index contributed by atoms with van der Waals surface area (Å²) in [4.78, 5) is 6.66. The fourth-order valence-corrected chi connectivity index (χ4v) is 4.62. The summed E-state index contributed by atoms with van der Waals surface area (Å²) >= 11 is 0. The molecule has 2 aromatic carbocycles. The van der Waals surface area contributed by atoms with Gasteiger partial charge in [0.25, 0.3) is 0 Å². The molecule has 0 spiro atoms. The van der Waals surface area contributed by atoms with Crippen molar-refractivity contribution in [2.75, 3.05) is 0 Å². The van der Waals surface area contributed by atoms with E-state index in [1.165, 1.54) is 44.8 Å². The largest absolute Gasteiger partial charge is 2.00 e. The molecule has 2 N–H and O–H groups in total. The van der Waals surface area contributed by atoms with Crippen molar-refractivity contribution in [2.24, 2.45) is 0 Å². The van der Waals surface area contributed by atoms with Gasteiger partial charge in [-0.05, 0) is 98.3 Å². The van der Waals surface area contributed by atoms with Crippen molar-refractivity contribution in [1.29, 1.82) is 0 Å². The predicted octanol–water partition coefficient (Wildman–Crippen LogP) is 7.35. The van der Waals surface area contributed by atoms with Crippen molar-refractivity contribution in [3.8, 4) is 0 Å². The first-order valence-electron chi connectivity index (χ1n) is 11.3. The molecule has 0 saturated heterocycles. The summed E-state index contributed by atoms with van der Waals surface area (Å²) in [7, 11) is 0. The molecule has 0 amide bonds. The van der Waals surface area contributed by atoms with Crippen LogP contribution in [-0.4, -0.2) is 9.97 Å². The van der Waals surface area contributed by atoms with Crippen molar-refractivity contribution in [3.05, 3.63) is 135 Å². The normalized spacial score (nSPS) is 18.7. The van der Waals surface area contributed by atoms with Crippen molar-refractivity contribution in [2.45, 2.75) is 25.7 Å². The van der Waals surface area contributed by atoms with Gasteiger partial charge in [0.1, 0.15) is 0 Å². The minimum atomic E-state index is 0. The number of aromatic nitrogens is 2. The second-order valence-electron chi connectivity index (χ2n) is 8.46. The van der Waals surface area contributed by atoms with Gasteiger partial charge in [0.15, 0.2) is 0 Å². The Morgan fingerprint density at radius 3 is 1.30 bits per heavy atom. The number of hydrogen-bond donors (Lipinski definition) is 2. The molecule has 0 aliphatic heterocycles. The van der Waals surface area contributed by atoms with E-state index in [0.717, 1.165) is 0 Å². The summed E-state index contributed by atoms with van der Waals surface area (Å²) in [6.07, 6.45) is 21.4. The van der Waals surface area contributed by atoms with Crippen molar-refractivity contribution < 1.29 is 17.1 Å². The summed E-state index contributed by atoms with van der Waals surface area (Å²) in [5.41, 5.74) is 5.19. The molecule has 4 aromatic rings. The Hall–Kier alpha value is -1.96. The maximum absolute atomic E-state index is 3.33. The molecule has 2 atom stereocenters. The second-order valence-corrected chi connectivity index (χ2v) is 8.46. The van der Waals surface area contributed by atoms with E-state index in [1.807, 2.05) is 0 Å². The van der Waals surface area contributed by atoms with Crippen LogP contribution in [0.15, 0.2) is 60.9 Å². The molecule has 2 saturated carbocycles. The van der Waals surface area contributed by atoms with Crippen LogP contribution >= 0.6 is 0 Å². The van der Waals surface area contributed by atoms with Gasteiger partial charge in [-0.25, -0.2) is 0 Å². The number of para-hydroxylation sites is 2. The number of H-pyrrole nitrogens is 2. The first kappa shape index (κ1) is 24.2. The molecule has 0 bridgehead atoms. The van der Waals surface area contributed by atoms with Crippen LogP contribution in [0.1, 0.15) is 36.8 Å². The summed E-state index contributed by atoms with van der Waals surface area (Å²) < 4.78 is 0. The van der Waals surface area contributed by atoms with E-state index in [4.69, 9.17) is 0 Å². The number of benzene rings is 2. The molecule has 2 aliphatic rings. The molecule has 2 heterocycles. The van der Waals surface area contributed by atoms with Crippen molar-refractivity contribution in [1.82, 2.24) is 9.97 Å². The fraction of sp³-hybridized carbons (Fsp3) is 0.133. The number of aromatic amines is 2. The molecule has 2 aliphatic carbocycles. The monoisotopic (exact) mass is 472 g/mol. The Morgan fingerprint density at radius 2 is 0.909 bits per heavy atom. The molecule has 164 valence electrons. The molecular formula is C30H28FeN2+2. The SMILES string of the molecule is C[C@H]([C]1[CH][CH][CH][CH]1)c1c[nH]c2ccccc12.C[C@H]([C]1[CH][CH][CH][CH]1)c1c[nH]c2ccccc12.[Fe+2]. The Labute approximate surface area is 209 Å². The number of nitrogens with one attached hydrogen (secondary N) is 2. The van der Waals surface area contributed by atoms with Crippen molar-refractivity contribution >= 4 is 21.8 Å². The minimum Gasteiger partial charge on any atom is -0.361 e. The molecule has 3 heteroatoms. The zero-order chi connectivity index (χ0) is 21.9. The van der Waals surface area contributed by atoms with Gasteiger partial charge in [-0.1, -0.05) is 50.2 Å². The summed E-state index contributed by atoms with van der Waals surface area (Å²) in [6, 6.07) is 16.9. The predicted molar refractivity (Wildman–Crippen MR) is 134 cm³/mol. The number of fused-ring (bicyclic) bond motifs is 2. The van der Waals surface area contributed by atoms with Gasteiger partial charge in [0.2, 0.25) is 0 Å². The maximum atomic E-state index is 3.33. The third-order valence-corrected chi connectivity index (χ3v) is 6.55. The maximum Gasteiger partial charge on any atom is 2.00 e. The van der Waals surface area contributed by atoms with Crippen LogP contribution in [-0.2, 0) is 17.1 Å². The topological polar surface area (TPSA) is 31.6 Å². The third-order valence-electron chi connectivity index (χ3n) is 6.55. The fourth-order valence-electron chi connectivity index (χ4n) is 4.62. The zero-order valence-corrected chi connectivity index (χ0v) is 20.0. The third kappa shape index (κ3) is 5.10. The van der Waals surface area contributed by atoms with Gasteiger partial charge < -0.3 is 9.97 Å². The minimum absolute atomic E-state index is 0. The van der Waals surface area contributed by atoms with Crippen LogP contribution in [0.25, 0.3) is 21.8 Å². The van der Waals surface area contributed by atoms with E-state index in [9.17, 15) is 0 Å². The van der Waals surface area contributed by atoms with E-state index >= 15 is 0 Å². The quantitative estimate of drug-likeness (QED) is 0.291. The van der Waals surface area contributed by atoms with Gasteiger partial charge in [0, 0.05) is 34.2 Å². The van der Waals surface area contributed by atoms with E-state index in [-0.39, 0.29) is 17.1 Å². The van der Waals surface area contributed by atoms with Crippen LogP contribution in [0.3, 0.4) is 0 Å². The molecular weight excluding hydrogens is 444 g/mol. The Balaban J connectivity index is 0.000000152. The first-order chi connectivity index (χ1) is 15.7. The molecule has 33 heavy (non-hydrogen) atoms. The average Bonchev–Trinajstić information content (AvgIpc) is 3.64. The summed E-state index contributed by atoms with van der Waals surface area (Å²) in [6.45, 7) is 4.51. The van der Waals surface area contributed by atoms with Gasteiger partial charge >= 0.3 is 17.1 Å². The molecule has 0 unspecified atom stereocenters. The summed E-state index contributed by atoms with van der Waals surface area (Å²) in [5.74, 6) is 3.66. The van der Waals surface area contributed by atoms with E-state index in [2.05, 4.69) is 136 Å². The molecule has 2 nitrogen and oxygen atoms in total. The molecule has 10 radical (unpaired) electrons. The van der Waals surface area contributed by atoms with Crippen molar-refractivity contribution in [3.63, 3.8) is 0 Å². The van der Waals surface area contributed by atoms with Gasteiger partial charge in [-0.3, -0.25) is 0 Å². The van der Waals surface area contributed by atoms with Crippen LogP contribution in [0.4, 0.5) is 0 Å².